The van der Waals surface area contributed by atoms with Crippen molar-refractivity contribution in [1.82, 2.24) is 0 Å². The fraction of sp³-hybridized carbons (Fsp3) is 0.211. The predicted octanol–water partition coefficient (Wildman–Crippen LogP) is 3.57. The van der Waals surface area contributed by atoms with Crippen LogP contribution in [0.25, 0.3) is 17.2 Å². The Hall–Kier alpha value is -2.46. The summed E-state index contributed by atoms with van der Waals surface area (Å²) < 4.78 is 18.3. The number of hydrogen-bond acceptors (Lipinski definition) is 3. The first-order valence-electron chi connectivity index (χ1n) is 7.52. The minimum absolute atomic E-state index is 0.0521. The summed E-state index contributed by atoms with van der Waals surface area (Å²) >= 11 is 0. The van der Waals surface area contributed by atoms with Crippen molar-refractivity contribution in [3.05, 3.63) is 66.0 Å². The van der Waals surface area contributed by atoms with Crippen LogP contribution in [0.2, 0.25) is 0 Å². The lowest BCUT2D eigenvalue weighted by atomic mass is 9.98. The molecular formula is C19H17FO3. The van der Waals surface area contributed by atoms with Crippen molar-refractivity contribution in [3.63, 3.8) is 0 Å². The van der Waals surface area contributed by atoms with Crippen molar-refractivity contribution in [2.24, 2.45) is 0 Å². The van der Waals surface area contributed by atoms with Crippen LogP contribution in [0, 0.1) is 5.82 Å². The minimum Gasteiger partial charge on any atom is -0.458 e. The standard InChI is InChI=1S/C19H17FO3/c20-15-8-5-14(6-9-15)18-4-2-1-3-13(18)7-10-17-11-16(21)12-19(22)23-17/h1-10,16-17,21H,11-12H2/b10-7+. The number of hydrogen-bond donors (Lipinski definition) is 1. The lowest BCUT2D eigenvalue weighted by Gasteiger charge is -2.23. The van der Waals surface area contributed by atoms with Crippen molar-refractivity contribution in [2.75, 3.05) is 0 Å². The van der Waals surface area contributed by atoms with E-state index in [2.05, 4.69) is 0 Å². The van der Waals surface area contributed by atoms with Gasteiger partial charge < -0.3 is 9.84 Å². The third-order valence-corrected chi connectivity index (χ3v) is 3.80. The molecule has 4 heteroatoms. The second-order valence-corrected chi connectivity index (χ2v) is 5.58. The smallest absolute Gasteiger partial charge is 0.309 e. The summed E-state index contributed by atoms with van der Waals surface area (Å²) in [5.74, 6) is -0.657. The summed E-state index contributed by atoms with van der Waals surface area (Å²) in [5, 5.41) is 9.64. The fourth-order valence-electron chi connectivity index (χ4n) is 2.67. The van der Waals surface area contributed by atoms with Gasteiger partial charge in [-0.25, -0.2) is 4.39 Å². The highest BCUT2D eigenvalue weighted by atomic mass is 19.1. The molecule has 118 valence electrons. The number of carbonyl (C=O) groups excluding carboxylic acids is 1. The molecule has 23 heavy (non-hydrogen) atoms. The molecule has 2 aromatic carbocycles. The van der Waals surface area contributed by atoms with Crippen LogP contribution in [0.5, 0.6) is 0 Å². The molecule has 0 radical (unpaired) electrons. The second kappa shape index (κ2) is 6.75. The molecule has 3 nitrogen and oxygen atoms in total. The van der Waals surface area contributed by atoms with Crippen molar-refractivity contribution in [3.8, 4) is 11.1 Å². The zero-order chi connectivity index (χ0) is 16.2. The topological polar surface area (TPSA) is 46.5 Å². The number of carbonyl (C=O) groups is 1. The van der Waals surface area contributed by atoms with Crippen LogP contribution in [0.3, 0.4) is 0 Å². The zero-order valence-electron chi connectivity index (χ0n) is 12.5. The maximum atomic E-state index is 13.1. The first-order valence-corrected chi connectivity index (χ1v) is 7.52. The highest BCUT2D eigenvalue weighted by Crippen LogP contribution is 2.26. The Labute approximate surface area is 134 Å². The summed E-state index contributed by atoms with van der Waals surface area (Å²) in [4.78, 5) is 11.4. The molecule has 1 heterocycles. The monoisotopic (exact) mass is 312 g/mol. The van der Waals surface area contributed by atoms with Crippen molar-refractivity contribution < 1.29 is 19.0 Å². The van der Waals surface area contributed by atoms with E-state index < -0.39 is 12.2 Å². The zero-order valence-corrected chi connectivity index (χ0v) is 12.5. The molecule has 0 aromatic heterocycles. The van der Waals surface area contributed by atoms with Gasteiger partial charge in [0, 0.05) is 6.42 Å². The SMILES string of the molecule is O=C1CC(O)CC(/C=C/c2ccccc2-c2ccc(F)cc2)O1. The summed E-state index contributed by atoms with van der Waals surface area (Å²) in [6.07, 6.45) is 3.03. The van der Waals surface area contributed by atoms with E-state index in [0.29, 0.717) is 6.42 Å². The Morgan fingerprint density at radius 2 is 1.87 bits per heavy atom. The van der Waals surface area contributed by atoms with E-state index in [1.165, 1.54) is 12.1 Å². The van der Waals surface area contributed by atoms with Gasteiger partial charge in [0.1, 0.15) is 11.9 Å². The molecule has 1 saturated heterocycles. The number of aliphatic hydroxyl groups excluding tert-OH is 1. The molecule has 1 aliphatic heterocycles. The number of esters is 1. The lowest BCUT2D eigenvalue weighted by Crippen LogP contribution is -2.31. The van der Waals surface area contributed by atoms with Crippen molar-refractivity contribution >= 4 is 12.0 Å². The van der Waals surface area contributed by atoms with E-state index in [-0.39, 0.29) is 18.2 Å². The van der Waals surface area contributed by atoms with Gasteiger partial charge in [-0.05, 0) is 34.9 Å². The van der Waals surface area contributed by atoms with Crippen LogP contribution in [0.1, 0.15) is 18.4 Å². The quantitative estimate of drug-likeness (QED) is 0.881. The third kappa shape index (κ3) is 3.85. The van der Waals surface area contributed by atoms with Gasteiger partial charge in [-0.15, -0.1) is 0 Å². The lowest BCUT2D eigenvalue weighted by molar-refractivity contribution is -0.156. The van der Waals surface area contributed by atoms with Gasteiger partial charge in [-0.2, -0.15) is 0 Å². The Morgan fingerprint density at radius 3 is 2.61 bits per heavy atom. The molecule has 2 atom stereocenters. The van der Waals surface area contributed by atoms with Gasteiger partial charge in [0.05, 0.1) is 12.5 Å². The van der Waals surface area contributed by atoms with Crippen molar-refractivity contribution in [2.45, 2.75) is 25.0 Å². The summed E-state index contributed by atoms with van der Waals surface area (Å²) in [5.41, 5.74) is 2.81. The van der Waals surface area contributed by atoms with E-state index >= 15 is 0 Å². The van der Waals surface area contributed by atoms with Crippen LogP contribution >= 0.6 is 0 Å². The number of ether oxygens (including phenoxy) is 1. The van der Waals surface area contributed by atoms with E-state index in [9.17, 15) is 14.3 Å². The van der Waals surface area contributed by atoms with E-state index in [1.54, 1.807) is 18.2 Å². The van der Waals surface area contributed by atoms with Crippen molar-refractivity contribution in [1.29, 1.82) is 0 Å². The molecule has 0 saturated carbocycles. The van der Waals surface area contributed by atoms with Gasteiger partial charge >= 0.3 is 5.97 Å². The predicted molar refractivity (Wildman–Crippen MR) is 86.0 cm³/mol. The van der Waals surface area contributed by atoms with Crippen LogP contribution in [0.4, 0.5) is 4.39 Å². The molecule has 0 spiro atoms. The summed E-state index contributed by atoms with van der Waals surface area (Å²) in [6, 6.07) is 14.0. The molecule has 1 N–H and O–H groups in total. The maximum Gasteiger partial charge on any atom is 0.309 e. The molecule has 0 aliphatic carbocycles. The average molecular weight is 312 g/mol. The number of rotatable bonds is 3. The Kier molecular flexibility index (Phi) is 4.53. The first kappa shape index (κ1) is 15.4. The molecule has 1 fully saturated rings. The van der Waals surface area contributed by atoms with Gasteiger partial charge in [0.25, 0.3) is 0 Å². The molecule has 1 aliphatic rings. The number of benzene rings is 2. The van der Waals surface area contributed by atoms with Gasteiger partial charge in [0.15, 0.2) is 0 Å². The average Bonchev–Trinajstić information content (AvgIpc) is 2.53. The highest BCUT2D eigenvalue weighted by molar-refractivity contribution is 5.75. The molecular weight excluding hydrogens is 295 g/mol. The molecule has 0 bridgehead atoms. The van der Waals surface area contributed by atoms with Crippen LogP contribution in [-0.4, -0.2) is 23.3 Å². The molecule has 3 rings (SSSR count). The Balaban J connectivity index is 1.84. The number of cyclic esters (lactones) is 1. The normalized spacial score (nSPS) is 21.4. The first-order chi connectivity index (χ1) is 11.1. The summed E-state index contributed by atoms with van der Waals surface area (Å²) in [6.45, 7) is 0. The molecule has 2 unspecified atom stereocenters. The summed E-state index contributed by atoms with van der Waals surface area (Å²) in [7, 11) is 0. The van der Waals surface area contributed by atoms with Gasteiger partial charge in [-0.3, -0.25) is 4.79 Å². The Morgan fingerprint density at radius 1 is 1.13 bits per heavy atom. The van der Waals surface area contributed by atoms with Crippen LogP contribution in [-0.2, 0) is 9.53 Å². The van der Waals surface area contributed by atoms with Gasteiger partial charge in [-0.1, -0.05) is 42.5 Å². The second-order valence-electron chi connectivity index (χ2n) is 5.58. The highest BCUT2D eigenvalue weighted by Gasteiger charge is 2.25. The van der Waals surface area contributed by atoms with E-state index in [1.807, 2.05) is 30.3 Å². The third-order valence-electron chi connectivity index (χ3n) is 3.80. The minimum atomic E-state index is -0.654. The van der Waals surface area contributed by atoms with Crippen LogP contribution < -0.4 is 0 Å². The van der Waals surface area contributed by atoms with E-state index in [4.69, 9.17) is 4.74 Å². The molecule has 2 aromatic rings. The van der Waals surface area contributed by atoms with Gasteiger partial charge in [0.2, 0.25) is 0 Å². The maximum absolute atomic E-state index is 13.1. The fourth-order valence-corrected chi connectivity index (χ4v) is 2.67. The number of halogens is 1. The largest absolute Gasteiger partial charge is 0.458 e. The molecule has 0 amide bonds. The van der Waals surface area contributed by atoms with E-state index in [0.717, 1.165) is 16.7 Å². The Bertz CT molecular complexity index is 722. The van der Waals surface area contributed by atoms with Crippen LogP contribution in [0.15, 0.2) is 54.6 Å². The number of aliphatic hydroxyl groups is 1.